The van der Waals surface area contributed by atoms with Crippen LogP contribution in [0.1, 0.15) is 198 Å². The van der Waals surface area contributed by atoms with E-state index in [9.17, 15) is 0 Å². The monoisotopic (exact) mass is 830 g/mol. The summed E-state index contributed by atoms with van der Waals surface area (Å²) in [6, 6.07) is 9.80. The molecule has 0 unspecified atom stereocenters. The molecule has 0 spiro atoms. The van der Waals surface area contributed by atoms with Crippen LogP contribution in [-0.2, 0) is 20.5 Å². The van der Waals surface area contributed by atoms with Gasteiger partial charge in [0.15, 0.2) is 0 Å². The first-order valence-electron chi connectivity index (χ1n) is 21.7. The number of benzene rings is 1. The van der Waals surface area contributed by atoms with Gasteiger partial charge in [-0.3, -0.25) is 6.58 Å². The second-order valence-electron chi connectivity index (χ2n) is 16.7. The summed E-state index contributed by atoms with van der Waals surface area (Å²) in [6.07, 6.45) is 49.2. The van der Waals surface area contributed by atoms with Crippen LogP contribution in [0.2, 0.25) is 0 Å². The van der Waals surface area contributed by atoms with E-state index in [0.717, 1.165) is 5.56 Å². The molecule has 6 aliphatic carbocycles. The van der Waals surface area contributed by atoms with Crippen molar-refractivity contribution in [1.29, 1.82) is 0 Å². The first-order valence-corrected chi connectivity index (χ1v) is 28.2. The molecule has 6 saturated carbocycles. The Kier molecular flexibility index (Phi) is 23.2. The van der Waals surface area contributed by atoms with E-state index in [1.165, 1.54) is 38.4 Å². The van der Waals surface area contributed by atoms with E-state index in [2.05, 4.69) is 0 Å². The predicted octanol–water partition coefficient (Wildman–Crippen LogP) is 14.8. The van der Waals surface area contributed by atoms with Crippen molar-refractivity contribution in [2.45, 2.75) is 227 Å². The SMILES string of the molecule is C1CCC([PH+](C2CCCCC2)C2CCCCC2)CC1.C1CCC([PH+](C2CCCCC2)C2CCCCC2)CC1.O=[C]=[Ru][Cl].[CH-]=Cc1ccccc1. The molecule has 1 nitrogen and oxygen atoms in total. The van der Waals surface area contributed by atoms with Gasteiger partial charge >= 0.3 is 34.6 Å². The molecule has 6 fully saturated rings. The maximum atomic E-state index is 8.96. The Labute approximate surface area is 323 Å². The van der Waals surface area contributed by atoms with Crippen molar-refractivity contribution in [3.8, 4) is 0 Å². The van der Waals surface area contributed by atoms with Crippen LogP contribution in [0.3, 0.4) is 0 Å². The Bertz CT molecular complexity index is 887. The van der Waals surface area contributed by atoms with Crippen molar-refractivity contribution >= 4 is 36.1 Å². The fourth-order valence-corrected chi connectivity index (χ4v) is 21.6. The van der Waals surface area contributed by atoms with Gasteiger partial charge in [-0.2, -0.15) is 5.56 Å². The van der Waals surface area contributed by atoms with Gasteiger partial charge in [0.05, 0.1) is 34.0 Å². The normalized spacial score (nSPS) is 23.7. The van der Waals surface area contributed by atoms with Crippen LogP contribution in [-0.4, -0.2) is 38.4 Å². The first-order chi connectivity index (χ1) is 24.7. The maximum Gasteiger partial charge on any atom is -0.0653 e. The first kappa shape index (κ1) is 43.0. The molecule has 0 amide bonds. The third-order valence-electron chi connectivity index (χ3n) is 13.5. The van der Waals surface area contributed by atoms with Crippen molar-refractivity contribution in [3.63, 3.8) is 0 Å². The predicted molar refractivity (Wildman–Crippen MR) is 225 cm³/mol. The van der Waals surface area contributed by atoms with Gasteiger partial charge in [-0.05, 0) is 154 Å². The quantitative estimate of drug-likeness (QED) is 0.152. The molecule has 0 bridgehead atoms. The molecule has 0 aliphatic heterocycles. The Morgan fingerprint density at radius 2 is 0.700 bits per heavy atom. The molecule has 0 radical (unpaired) electrons. The molecule has 0 atom stereocenters. The molecule has 1 aromatic rings. The largest absolute Gasteiger partial charge is 0.292 e. The Hall–Kier alpha value is 0.313. The number of halogens is 1. The summed E-state index contributed by atoms with van der Waals surface area (Å²) < 4.78 is 1.54. The molecule has 0 aromatic heterocycles. The number of rotatable bonds is 7. The zero-order valence-corrected chi connectivity index (χ0v) is 36.4. The maximum absolute atomic E-state index is 8.96. The van der Waals surface area contributed by atoms with Crippen LogP contribution in [0, 0.1) is 6.58 Å². The van der Waals surface area contributed by atoms with Gasteiger partial charge < -0.3 is 0 Å². The third kappa shape index (κ3) is 15.6. The molecular weight excluding hydrogens is 755 g/mol. The van der Waals surface area contributed by atoms with Crippen LogP contribution in [0.5, 0.6) is 0 Å². The van der Waals surface area contributed by atoms with E-state index in [-0.39, 0.29) is 15.8 Å². The van der Waals surface area contributed by atoms with Crippen LogP contribution in [0.15, 0.2) is 30.3 Å². The fraction of sp³-hybridized carbons (Fsp3) is 0.800. The number of hydrogen-bond donors (Lipinski definition) is 0. The molecule has 6 aliphatic rings. The minimum Gasteiger partial charge on any atom is -0.292 e. The average Bonchev–Trinajstić information content (AvgIpc) is 3.21. The molecule has 0 saturated heterocycles. The van der Waals surface area contributed by atoms with Gasteiger partial charge in [-0.1, -0.05) is 56.7 Å². The van der Waals surface area contributed by atoms with E-state index >= 15 is 0 Å². The van der Waals surface area contributed by atoms with E-state index < -0.39 is 15.7 Å². The van der Waals surface area contributed by atoms with Crippen molar-refractivity contribution in [2.75, 3.05) is 0 Å². The van der Waals surface area contributed by atoms with Crippen molar-refractivity contribution < 1.29 is 20.5 Å². The fourth-order valence-electron chi connectivity index (χ4n) is 11.2. The smallest absolute Gasteiger partial charge is 0.0653 e. The van der Waals surface area contributed by atoms with Crippen LogP contribution >= 0.6 is 25.5 Å². The summed E-state index contributed by atoms with van der Waals surface area (Å²) in [5, 5.41) is 0. The van der Waals surface area contributed by atoms with Crippen LogP contribution < -0.4 is 0 Å². The standard InChI is InChI=1S/2C18H33P.C8H7.CO.ClH.Ru/c2*1-4-10-16(11-5-1)19(17-12-6-2-7-13-17)18-14-8-3-9-15-18;1-2-8-6-4-3-5-7-8;1-2;;/h2*16-18H,1-15H2;1-7H;;1H;/q;;-1;;;+1/p+1. The minimum atomic E-state index is -0.594. The average molecular weight is 831 g/mol. The van der Waals surface area contributed by atoms with Gasteiger partial charge in [0.1, 0.15) is 0 Å². The van der Waals surface area contributed by atoms with E-state index in [1.807, 2.05) is 30.3 Å². The minimum absolute atomic E-state index is 0.0465. The molecule has 1 aromatic carbocycles. The molecular formula is C45H75ClOP2Ru+. The third-order valence-corrected chi connectivity index (χ3v) is 23.1. The second-order valence-corrected chi connectivity index (χ2v) is 25.1. The van der Waals surface area contributed by atoms with Gasteiger partial charge in [0.25, 0.3) is 0 Å². The van der Waals surface area contributed by atoms with E-state index in [1.54, 1.807) is 199 Å². The van der Waals surface area contributed by atoms with E-state index in [4.69, 9.17) is 21.1 Å². The zero-order chi connectivity index (χ0) is 35.1. The molecule has 285 valence electrons. The molecule has 50 heavy (non-hydrogen) atoms. The van der Waals surface area contributed by atoms with Crippen molar-refractivity contribution in [3.05, 3.63) is 42.5 Å². The molecule has 0 N–H and O–H groups in total. The molecule has 7 rings (SSSR count). The van der Waals surface area contributed by atoms with Crippen molar-refractivity contribution in [1.82, 2.24) is 0 Å². The van der Waals surface area contributed by atoms with Gasteiger partial charge in [-0.25, -0.2) is 6.08 Å². The van der Waals surface area contributed by atoms with E-state index in [0.29, 0.717) is 0 Å². The van der Waals surface area contributed by atoms with Gasteiger partial charge in [0.2, 0.25) is 0 Å². The Balaban J connectivity index is 0.000000171. The molecule has 0 heterocycles. The Morgan fingerprint density at radius 3 is 0.860 bits per heavy atom. The van der Waals surface area contributed by atoms with Crippen LogP contribution in [0.4, 0.5) is 0 Å². The van der Waals surface area contributed by atoms with Crippen LogP contribution in [0.25, 0.3) is 6.08 Å². The summed E-state index contributed by atoms with van der Waals surface area (Å²) in [4.78, 5) is 8.96. The summed E-state index contributed by atoms with van der Waals surface area (Å²) in [5.74, 6) is 0. The summed E-state index contributed by atoms with van der Waals surface area (Å²) in [7, 11) is 4.76. The zero-order valence-electron chi connectivity index (χ0n) is 31.9. The summed E-state index contributed by atoms with van der Waals surface area (Å²) >= 11 is -0.594. The van der Waals surface area contributed by atoms with Crippen molar-refractivity contribution in [2.24, 2.45) is 0 Å². The molecule has 5 heteroatoms. The second kappa shape index (κ2) is 27.0. The van der Waals surface area contributed by atoms with Gasteiger partial charge in [0, 0.05) is 15.8 Å². The Morgan fingerprint density at radius 1 is 0.480 bits per heavy atom. The number of hydrogen-bond acceptors (Lipinski definition) is 1. The summed E-state index contributed by atoms with van der Waals surface area (Å²) in [5.41, 5.74) is 8.42. The topological polar surface area (TPSA) is 17.1 Å². The number of carbonyl (C=O) groups excluding carboxylic acids is 1. The summed E-state index contributed by atoms with van der Waals surface area (Å²) in [6.45, 7) is 5.22. The van der Waals surface area contributed by atoms with Gasteiger partial charge in [-0.15, -0.1) is 12.1 Å².